The van der Waals surface area contributed by atoms with E-state index >= 15 is 0 Å². The summed E-state index contributed by atoms with van der Waals surface area (Å²) in [6.45, 7) is 0.557. The minimum atomic E-state index is -0.308. The molecular formula is C15H15N5O3. The van der Waals surface area contributed by atoms with Gasteiger partial charge in [0.05, 0.1) is 17.5 Å². The second-order valence-electron chi connectivity index (χ2n) is 4.44. The highest BCUT2D eigenvalue weighted by Crippen LogP contribution is 1.98. The van der Waals surface area contributed by atoms with Gasteiger partial charge in [-0.05, 0) is 24.3 Å². The molecule has 0 aliphatic carbocycles. The van der Waals surface area contributed by atoms with Crippen LogP contribution in [0.1, 0.15) is 26.5 Å². The van der Waals surface area contributed by atoms with Crippen LogP contribution in [0.2, 0.25) is 0 Å². The highest BCUT2D eigenvalue weighted by molar-refractivity contribution is 5.94. The van der Waals surface area contributed by atoms with Crippen LogP contribution in [-0.4, -0.2) is 46.3 Å². The smallest absolute Gasteiger partial charge is 0.269 e. The number of pyridine rings is 2. The van der Waals surface area contributed by atoms with Crippen LogP contribution in [0.4, 0.5) is 0 Å². The summed E-state index contributed by atoms with van der Waals surface area (Å²) in [7, 11) is 0. The second-order valence-corrected chi connectivity index (χ2v) is 4.44. The van der Waals surface area contributed by atoms with Gasteiger partial charge in [0.2, 0.25) is 0 Å². The average molecular weight is 313 g/mol. The Hall–Kier alpha value is -3.29. The van der Waals surface area contributed by atoms with E-state index in [1.807, 2.05) is 0 Å². The van der Waals surface area contributed by atoms with Crippen molar-refractivity contribution >= 4 is 18.0 Å². The quantitative estimate of drug-likeness (QED) is 0.310. The molecule has 0 saturated heterocycles. The predicted molar refractivity (Wildman–Crippen MR) is 82.5 cm³/mol. The molecule has 0 fully saturated rings. The topological polar surface area (TPSA) is 117 Å². The van der Waals surface area contributed by atoms with E-state index in [0.29, 0.717) is 17.0 Å². The van der Waals surface area contributed by atoms with E-state index in [0.717, 1.165) is 6.21 Å². The maximum atomic E-state index is 11.9. The van der Waals surface area contributed by atoms with E-state index < -0.39 is 0 Å². The van der Waals surface area contributed by atoms with Crippen LogP contribution in [-0.2, 0) is 0 Å². The molecule has 118 valence electrons. The number of nitrogens with one attached hydrogen (secondary N) is 2. The molecule has 2 heterocycles. The Balaban J connectivity index is 1.75. The monoisotopic (exact) mass is 313 g/mol. The van der Waals surface area contributed by atoms with E-state index in [-0.39, 0.29) is 24.9 Å². The molecule has 3 N–H and O–H groups in total. The van der Waals surface area contributed by atoms with Gasteiger partial charge in [-0.25, -0.2) is 0 Å². The van der Waals surface area contributed by atoms with Crippen LogP contribution in [0.5, 0.6) is 0 Å². The van der Waals surface area contributed by atoms with Gasteiger partial charge in [-0.15, -0.1) is 0 Å². The van der Waals surface area contributed by atoms with Crippen LogP contribution in [0.25, 0.3) is 0 Å². The lowest BCUT2D eigenvalue weighted by Crippen LogP contribution is -2.35. The average Bonchev–Trinajstić information content (AvgIpc) is 2.60. The SMILES string of the molecule is O=C(NCCNC(=O)c1ccccn1)c1ccc(C=NO)nc1. The molecular weight excluding hydrogens is 298 g/mol. The van der Waals surface area contributed by atoms with E-state index in [1.165, 1.54) is 12.4 Å². The summed E-state index contributed by atoms with van der Waals surface area (Å²) >= 11 is 0. The molecule has 0 aliphatic rings. The van der Waals surface area contributed by atoms with Gasteiger partial charge in [-0.2, -0.15) is 0 Å². The zero-order valence-electron chi connectivity index (χ0n) is 12.1. The van der Waals surface area contributed by atoms with Crippen molar-refractivity contribution in [1.29, 1.82) is 0 Å². The molecule has 0 bridgehead atoms. The zero-order chi connectivity index (χ0) is 16.5. The molecule has 8 nitrogen and oxygen atoms in total. The number of amides is 2. The number of rotatable bonds is 6. The Morgan fingerprint density at radius 2 is 1.87 bits per heavy atom. The van der Waals surface area contributed by atoms with E-state index in [9.17, 15) is 9.59 Å². The Kier molecular flexibility index (Phi) is 5.75. The van der Waals surface area contributed by atoms with Crippen molar-refractivity contribution in [3.05, 3.63) is 59.7 Å². The van der Waals surface area contributed by atoms with Gasteiger partial charge >= 0.3 is 0 Å². The molecule has 0 aromatic carbocycles. The summed E-state index contributed by atoms with van der Waals surface area (Å²) in [5, 5.41) is 16.5. The molecule has 0 radical (unpaired) electrons. The third kappa shape index (κ3) is 4.88. The summed E-state index contributed by atoms with van der Waals surface area (Å²) < 4.78 is 0. The molecule has 23 heavy (non-hydrogen) atoms. The van der Waals surface area contributed by atoms with E-state index in [4.69, 9.17) is 5.21 Å². The minimum Gasteiger partial charge on any atom is -0.411 e. The van der Waals surface area contributed by atoms with Crippen molar-refractivity contribution in [2.24, 2.45) is 5.16 Å². The van der Waals surface area contributed by atoms with Gasteiger partial charge in [0.1, 0.15) is 5.69 Å². The van der Waals surface area contributed by atoms with Gasteiger partial charge in [-0.3, -0.25) is 19.6 Å². The van der Waals surface area contributed by atoms with Gasteiger partial charge in [0, 0.05) is 25.5 Å². The molecule has 0 unspecified atom stereocenters. The highest BCUT2D eigenvalue weighted by atomic mass is 16.4. The normalized spacial score (nSPS) is 10.4. The van der Waals surface area contributed by atoms with Crippen LogP contribution in [0, 0.1) is 0 Å². The first-order chi connectivity index (χ1) is 11.2. The Morgan fingerprint density at radius 3 is 2.48 bits per heavy atom. The third-order valence-corrected chi connectivity index (χ3v) is 2.83. The molecule has 2 aromatic heterocycles. The van der Waals surface area contributed by atoms with Crippen LogP contribution >= 0.6 is 0 Å². The second kappa shape index (κ2) is 8.23. The van der Waals surface area contributed by atoms with Crippen molar-refractivity contribution in [3.63, 3.8) is 0 Å². The fraction of sp³-hybridized carbons (Fsp3) is 0.133. The Labute approximate surface area is 132 Å². The molecule has 2 rings (SSSR count). The maximum Gasteiger partial charge on any atom is 0.269 e. The number of carbonyl (C=O) groups is 2. The molecule has 0 spiro atoms. The molecule has 0 aliphatic heterocycles. The first-order valence-corrected chi connectivity index (χ1v) is 6.81. The number of hydrogen-bond donors (Lipinski definition) is 3. The molecule has 8 heteroatoms. The first kappa shape index (κ1) is 16.1. The zero-order valence-corrected chi connectivity index (χ0v) is 12.1. The van der Waals surface area contributed by atoms with Crippen molar-refractivity contribution < 1.29 is 14.8 Å². The van der Waals surface area contributed by atoms with Crippen LogP contribution < -0.4 is 10.6 Å². The highest BCUT2D eigenvalue weighted by Gasteiger charge is 2.07. The largest absolute Gasteiger partial charge is 0.411 e. The van der Waals surface area contributed by atoms with Crippen LogP contribution in [0.15, 0.2) is 47.9 Å². The standard InChI is InChI=1S/C15H15N5O3/c21-14(11-4-5-12(10-20-23)19-9-11)17-7-8-18-15(22)13-3-1-2-6-16-13/h1-6,9-10,23H,7-8H2,(H,17,21)(H,18,22). The molecule has 2 amide bonds. The molecule has 2 aromatic rings. The van der Waals surface area contributed by atoms with Crippen molar-refractivity contribution in [2.75, 3.05) is 13.1 Å². The third-order valence-electron chi connectivity index (χ3n) is 2.83. The number of hydrogen-bond acceptors (Lipinski definition) is 6. The van der Waals surface area contributed by atoms with E-state index in [1.54, 1.807) is 30.3 Å². The summed E-state index contributed by atoms with van der Waals surface area (Å²) in [4.78, 5) is 31.5. The predicted octanol–water partition coefficient (Wildman–Crippen LogP) is 0.444. The number of oxime groups is 1. The molecule has 0 saturated carbocycles. The van der Waals surface area contributed by atoms with Gasteiger partial charge in [0.25, 0.3) is 11.8 Å². The minimum absolute atomic E-state index is 0.275. The van der Waals surface area contributed by atoms with Crippen molar-refractivity contribution in [3.8, 4) is 0 Å². The molecule has 0 atom stereocenters. The van der Waals surface area contributed by atoms with Gasteiger partial charge < -0.3 is 15.8 Å². The van der Waals surface area contributed by atoms with Gasteiger partial charge in [0.15, 0.2) is 0 Å². The number of carbonyl (C=O) groups excluding carboxylic acids is 2. The fourth-order valence-electron chi connectivity index (χ4n) is 1.72. The summed E-state index contributed by atoms with van der Waals surface area (Å²) in [5.74, 6) is -0.605. The Bertz CT molecular complexity index is 686. The lowest BCUT2D eigenvalue weighted by atomic mass is 10.2. The van der Waals surface area contributed by atoms with Gasteiger partial charge in [-0.1, -0.05) is 11.2 Å². The van der Waals surface area contributed by atoms with Crippen molar-refractivity contribution in [2.45, 2.75) is 0 Å². The maximum absolute atomic E-state index is 11.9. The summed E-state index contributed by atoms with van der Waals surface area (Å²) in [5.41, 5.74) is 1.13. The van der Waals surface area contributed by atoms with E-state index in [2.05, 4.69) is 25.8 Å². The first-order valence-electron chi connectivity index (χ1n) is 6.81. The summed E-state index contributed by atoms with van der Waals surface area (Å²) in [6, 6.07) is 8.17. The lowest BCUT2D eigenvalue weighted by Gasteiger charge is -2.07. The lowest BCUT2D eigenvalue weighted by molar-refractivity contribution is 0.0925. The number of nitrogens with zero attached hydrogens (tertiary/aromatic N) is 3. The summed E-state index contributed by atoms with van der Waals surface area (Å²) in [6.07, 6.45) is 4.07. The van der Waals surface area contributed by atoms with Crippen molar-refractivity contribution in [1.82, 2.24) is 20.6 Å². The van der Waals surface area contributed by atoms with Crippen LogP contribution in [0.3, 0.4) is 0 Å². The number of aromatic nitrogens is 2. The Morgan fingerprint density at radius 1 is 1.09 bits per heavy atom. The fourth-order valence-corrected chi connectivity index (χ4v) is 1.72.